The van der Waals surface area contributed by atoms with Crippen molar-refractivity contribution in [1.82, 2.24) is 24.4 Å². The Labute approximate surface area is 175 Å². The van der Waals surface area contributed by atoms with Crippen LogP contribution in [0.25, 0.3) is 27.9 Å². The molecule has 1 N–H and O–H groups in total. The van der Waals surface area contributed by atoms with Crippen molar-refractivity contribution in [3.8, 4) is 5.95 Å². The molecule has 0 aliphatic rings. The Morgan fingerprint density at radius 2 is 1.74 bits per heavy atom. The van der Waals surface area contributed by atoms with Crippen molar-refractivity contribution < 1.29 is 13.6 Å². The van der Waals surface area contributed by atoms with Crippen LogP contribution >= 0.6 is 0 Å². The lowest BCUT2D eigenvalue weighted by atomic mass is 10.2. The van der Waals surface area contributed by atoms with E-state index in [0.717, 1.165) is 34.1 Å². The molecule has 0 aliphatic heterocycles. The highest BCUT2D eigenvalue weighted by Crippen LogP contribution is 2.32. The number of nitrogens with zero attached hydrogens (tertiary/aromatic N) is 4. The third-order valence-electron chi connectivity index (χ3n) is 5.28. The molecule has 0 atom stereocenters. The van der Waals surface area contributed by atoms with Gasteiger partial charge in [-0.05, 0) is 35.9 Å². The van der Waals surface area contributed by atoms with Crippen molar-refractivity contribution in [2.24, 2.45) is 7.05 Å². The number of carbonyl (C=O) groups is 1. The Hall–Kier alpha value is -4.07. The molecule has 0 spiro atoms. The molecule has 3 heterocycles. The molecule has 31 heavy (non-hydrogen) atoms. The average Bonchev–Trinajstić information content (AvgIpc) is 3.31. The maximum Gasteiger partial charge on any atom is 0.268 e. The minimum absolute atomic E-state index is 0.0496. The number of aromatic nitrogens is 4. The van der Waals surface area contributed by atoms with E-state index in [0.29, 0.717) is 17.2 Å². The molecule has 8 heteroatoms. The molecule has 5 rings (SSSR count). The summed E-state index contributed by atoms with van der Waals surface area (Å²) >= 11 is 0. The van der Waals surface area contributed by atoms with Gasteiger partial charge in [0.25, 0.3) is 5.91 Å². The van der Waals surface area contributed by atoms with Gasteiger partial charge in [0.2, 0.25) is 5.95 Å². The van der Waals surface area contributed by atoms with Crippen molar-refractivity contribution in [1.29, 1.82) is 0 Å². The number of para-hydroxylation sites is 1. The van der Waals surface area contributed by atoms with Gasteiger partial charge < -0.3 is 9.88 Å². The van der Waals surface area contributed by atoms with Crippen LogP contribution in [0.15, 0.2) is 67.0 Å². The summed E-state index contributed by atoms with van der Waals surface area (Å²) < 4.78 is 30.4. The number of nitrogens with one attached hydrogen (secondary N) is 1. The summed E-state index contributed by atoms with van der Waals surface area (Å²) in [6.07, 6.45) is 3.23. The summed E-state index contributed by atoms with van der Waals surface area (Å²) in [6.45, 7) is 0.0496. The maximum atomic E-state index is 13.5. The molecule has 3 aromatic heterocycles. The molecule has 0 bridgehead atoms. The Morgan fingerprint density at radius 1 is 0.968 bits per heavy atom. The van der Waals surface area contributed by atoms with Crippen molar-refractivity contribution in [2.75, 3.05) is 0 Å². The maximum absolute atomic E-state index is 13.5. The SMILES string of the molecule is Cn1c2ccccc2c2c1cc(C(=O)NCc1ccc(F)c(F)c1)n2-c1ncccn1. The quantitative estimate of drug-likeness (QED) is 0.478. The zero-order valence-electron chi connectivity index (χ0n) is 16.5. The third kappa shape index (κ3) is 3.13. The molecule has 0 saturated carbocycles. The van der Waals surface area contributed by atoms with Gasteiger partial charge in [0.1, 0.15) is 5.69 Å². The highest BCUT2D eigenvalue weighted by molar-refractivity contribution is 6.10. The van der Waals surface area contributed by atoms with E-state index in [9.17, 15) is 13.6 Å². The van der Waals surface area contributed by atoms with Gasteiger partial charge in [-0.2, -0.15) is 0 Å². The number of fused-ring (bicyclic) bond motifs is 3. The van der Waals surface area contributed by atoms with Gasteiger partial charge in [0, 0.05) is 31.4 Å². The van der Waals surface area contributed by atoms with Crippen LogP contribution in [-0.4, -0.2) is 25.0 Å². The van der Waals surface area contributed by atoms with E-state index >= 15 is 0 Å². The fourth-order valence-electron chi connectivity index (χ4n) is 3.81. The van der Waals surface area contributed by atoms with Crippen molar-refractivity contribution in [2.45, 2.75) is 6.54 Å². The zero-order valence-corrected chi connectivity index (χ0v) is 16.5. The Kier molecular flexibility index (Phi) is 4.47. The molecule has 0 fully saturated rings. The average molecular weight is 417 g/mol. The van der Waals surface area contributed by atoms with Crippen LogP contribution in [0, 0.1) is 11.6 Å². The van der Waals surface area contributed by atoms with Crippen LogP contribution in [0.2, 0.25) is 0 Å². The lowest BCUT2D eigenvalue weighted by Crippen LogP contribution is -2.25. The second kappa shape index (κ2) is 7.32. The predicted molar refractivity (Wildman–Crippen MR) is 113 cm³/mol. The van der Waals surface area contributed by atoms with E-state index < -0.39 is 11.6 Å². The molecule has 0 saturated heterocycles. The second-order valence-electron chi connectivity index (χ2n) is 7.15. The standard InChI is InChI=1S/C23H17F2N5O/c1-29-18-6-3-2-5-15(18)21-19(29)12-20(30(21)23-26-9-4-10-27-23)22(31)28-13-14-7-8-16(24)17(25)11-14/h2-12H,13H2,1H3,(H,28,31). The predicted octanol–water partition coefficient (Wildman–Crippen LogP) is 4.12. The smallest absolute Gasteiger partial charge is 0.268 e. The summed E-state index contributed by atoms with van der Waals surface area (Å²) in [5.74, 6) is -1.89. The van der Waals surface area contributed by atoms with Gasteiger partial charge in [0.15, 0.2) is 11.6 Å². The van der Waals surface area contributed by atoms with Gasteiger partial charge >= 0.3 is 0 Å². The third-order valence-corrected chi connectivity index (χ3v) is 5.28. The van der Waals surface area contributed by atoms with Gasteiger partial charge in [-0.1, -0.05) is 24.3 Å². The summed E-state index contributed by atoms with van der Waals surface area (Å²) in [5.41, 5.74) is 3.50. The van der Waals surface area contributed by atoms with Crippen LogP contribution in [0.1, 0.15) is 16.1 Å². The van der Waals surface area contributed by atoms with Gasteiger partial charge in [-0.3, -0.25) is 9.36 Å². The highest BCUT2D eigenvalue weighted by Gasteiger charge is 2.23. The molecule has 6 nitrogen and oxygen atoms in total. The van der Waals surface area contributed by atoms with Crippen LogP contribution in [0.5, 0.6) is 0 Å². The number of carbonyl (C=O) groups excluding carboxylic acids is 1. The number of hydrogen-bond donors (Lipinski definition) is 1. The lowest BCUT2D eigenvalue weighted by molar-refractivity contribution is 0.0944. The van der Waals surface area contributed by atoms with Crippen LogP contribution in [0.3, 0.4) is 0 Å². The molecule has 2 aromatic carbocycles. The van der Waals surface area contributed by atoms with Gasteiger partial charge in [0.05, 0.1) is 16.6 Å². The Bertz CT molecular complexity index is 1440. The molecular formula is C23H17F2N5O. The summed E-state index contributed by atoms with van der Waals surface area (Å²) in [7, 11) is 1.93. The summed E-state index contributed by atoms with van der Waals surface area (Å²) in [4.78, 5) is 21.8. The van der Waals surface area contributed by atoms with E-state index in [1.54, 1.807) is 29.1 Å². The largest absolute Gasteiger partial charge is 0.347 e. The topological polar surface area (TPSA) is 64.7 Å². The lowest BCUT2D eigenvalue weighted by Gasteiger charge is -2.10. The van der Waals surface area contributed by atoms with Crippen LogP contribution < -0.4 is 5.32 Å². The van der Waals surface area contributed by atoms with E-state index in [1.165, 1.54) is 6.07 Å². The van der Waals surface area contributed by atoms with Crippen molar-refractivity contribution >= 4 is 27.8 Å². The fraction of sp³-hybridized carbons (Fsp3) is 0.0870. The number of rotatable bonds is 4. The second-order valence-corrected chi connectivity index (χ2v) is 7.15. The molecule has 0 radical (unpaired) electrons. The van der Waals surface area contributed by atoms with E-state index in [2.05, 4.69) is 15.3 Å². The zero-order chi connectivity index (χ0) is 21.5. The molecule has 0 unspecified atom stereocenters. The first-order valence-corrected chi connectivity index (χ1v) is 9.63. The summed E-state index contributed by atoms with van der Waals surface area (Å²) in [6, 6.07) is 14.9. The first-order chi connectivity index (χ1) is 15.0. The van der Waals surface area contributed by atoms with E-state index in [-0.39, 0.29) is 12.5 Å². The Balaban J connectivity index is 1.61. The number of hydrogen-bond acceptors (Lipinski definition) is 3. The van der Waals surface area contributed by atoms with E-state index in [4.69, 9.17) is 0 Å². The van der Waals surface area contributed by atoms with E-state index in [1.807, 2.05) is 35.9 Å². The first-order valence-electron chi connectivity index (χ1n) is 9.63. The summed E-state index contributed by atoms with van der Waals surface area (Å²) in [5, 5.41) is 3.74. The number of benzene rings is 2. The van der Waals surface area contributed by atoms with Crippen molar-refractivity contribution in [3.63, 3.8) is 0 Å². The molecule has 154 valence electrons. The molecule has 5 aromatic rings. The minimum atomic E-state index is -0.954. The first kappa shape index (κ1) is 18.9. The number of amides is 1. The van der Waals surface area contributed by atoms with Gasteiger partial charge in [-0.25, -0.2) is 18.7 Å². The van der Waals surface area contributed by atoms with Crippen LogP contribution in [0.4, 0.5) is 8.78 Å². The Morgan fingerprint density at radius 3 is 2.52 bits per heavy atom. The monoisotopic (exact) mass is 417 g/mol. The molecular weight excluding hydrogens is 400 g/mol. The molecule has 0 aliphatic carbocycles. The number of aryl methyl sites for hydroxylation is 1. The number of halogens is 2. The fourth-order valence-corrected chi connectivity index (χ4v) is 3.81. The highest BCUT2D eigenvalue weighted by atomic mass is 19.2. The van der Waals surface area contributed by atoms with Crippen molar-refractivity contribution in [3.05, 3.63) is 89.9 Å². The van der Waals surface area contributed by atoms with Crippen LogP contribution in [-0.2, 0) is 13.6 Å². The minimum Gasteiger partial charge on any atom is -0.347 e. The van der Waals surface area contributed by atoms with Gasteiger partial charge in [-0.15, -0.1) is 0 Å². The normalized spacial score (nSPS) is 11.3. The molecule has 1 amide bonds.